The third kappa shape index (κ3) is 6.13. The monoisotopic (exact) mass is 319 g/mol. The average Bonchev–Trinajstić information content (AvgIpc) is 3.06. The molecule has 0 saturated heterocycles. The maximum Gasteiger partial charge on any atom is 0.227 e. The first-order valence-electron chi connectivity index (χ1n) is 7.50. The summed E-state index contributed by atoms with van der Waals surface area (Å²) in [6, 6.07) is 5.48. The van der Waals surface area contributed by atoms with Crippen molar-refractivity contribution in [2.75, 3.05) is 33.4 Å². The van der Waals surface area contributed by atoms with E-state index in [9.17, 15) is 4.79 Å². The number of aryl methyl sites for hydroxylation is 1. The van der Waals surface area contributed by atoms with Crippen molar-refractivity contribution in [1.29, 1.82) is 0 Å². The van der Waals surface area contributed by atoms with Crippen LogP contribution in [0, 0.1) is 0 Å². The van der Waals surface area contributed by atoms with Crippen LogP contribution in [0.25, 0.3) is 11.5 Å². The van der Waals surface area contributed by atoms with Gasteiger partial charge in [0.15, 0.2) is 0 Å². The number of aromatic nitrogens is 3. The molecule has 0 saturated carbocycles. The van der Waals surface area contributed by atoms with E-state index in [2.05, 4.69) is 25.8 Å². The van der Waals surface area contributed by atoms with Gasteiger partial charge in [-0.3, -0.25) is 9.78 Å². The van der Waals surface area contributed by atoms with E-state index >= 15 is 0 Å². The second-order valence-electron chi connectivity index (χ2n) is 4.82. The maximum atomic E-state index is 11.7. The van der Waals surface area contributed by atoms with Crippen molar-refractivity contribution in [3.05, 3.63) is 30.3 Å². The molecule has 0 aromatic carbocycles. The summed E-state index contributed by atoms with van der Waals surface area (Å²) >= 11 is 0. The number of nitrogens with one attached hydrogen (secondary N) is 2. The number of hydrogen-bond acceptors (Lipinski definition) is 7. The Bertz CT molecular complexity index is 588. The molecule has 2 rings (SSSR count). The van der Waals surface area contributed by atoms with Gasteiger partial charge in [0.25, 0.3) is 0 Å². The van der Waals surface area contributed by atoms with Crippen LogP contribution in [0.5, 0.6) is 0 Å². The Morgan fingerprint density at radius 2 is 2.22 bits per heavy atom. The summed E-state index contributed by atoms with van der Waals surface area (Å²) in [7, 11) is 1.65. The Balaban J connectivity index is 1.66. The lowest BCUT2D eigenvalue weighted by molar-refractivity contribution is -0.121. The van der Waals surface area contributed by atoms with Gasteiger partial charge in [0, 0.05) is 45.8 Å². The summed E-state index contributed by atoms with van der Waals surface area (Å²) in [5, 5.41) is 9.84. The van der Waals surface area contributed by atoms with E-state index in [0.717, 1.165) is 6.54 Å². The SMILES string of the molecule is COCCNCCNC(=O)CCc1nc(-c2ccccn2)no1. The first-order chi connectivity index (χ1) is 11.3. The van der Waals surface area contributed by atoms with Gasteiger partial charge in [-0.15, -0.1) is 0 Å². The van der Waals surface area contributed by atoms with E-state index < -0.39 is 0 Å². The molecule has 0 atom stereocenters. The van der Waals surface area contributed by atoms with Crippen LogP contribution in [0.4, 0.5) is 0 Å². The summed E-state index contributed by atoms with van der Waals surface area (Å²) in [6.45, 7) is 2.71. The van der Waals surface area contributed by atoms with Crippen LogP contribution in [0.2, 0.25) is 0 Å². The van der Waals surface area contributed by atoms with Crippen molar-refractivity contribution in [2.45, 2.75) is 12.8 Å². The Hall–Kier alpha value is -2.32. The smallest absolute Gasteiger partial charge is 0.227 e. The minimum absolute atomic E-state index is 0.0453. The summed E-state index contributed by atoms with van der Waals surface area (Å²) in [5.41, 5.74) is 0.647. The van der Waals surface area contributed by atoms with Crippen molar-refractivity contribution in [3.63, 3.8) is 0 Å². The molecule has 0 fully saturated rings. The number of methoxy groups -OCH3 is 1. The lowest BCUT2D eigenvalue weighted by Crippen LogP contribution is -2.33. The number of ether oxygens (including phenoxy) is 1. The second-order valence-corrected chi connectivity index (χ2v) is 4.82. The second kappa shape index (κ2) is 9.65. The van der Waals surface area contributed by atoms with Gasteiger partial charge in [0.05, 0.1) is 6.61 Å². The standard InChI is InChI=1S/C15H21N5O3/c1-22-11-10-16-8-9-18-13(21)5-6-14-19-15(20-23-14)12-4-2-3-7-17-12/h2-4,7,16H,5-6,8-11H2,1H3,(H,18,21). The third-order valence-corrected chi connectivity index (χ3v) is 3.03. The van der Waals surface area contributed by atoms with Crippen LogP contribution >= 0.6 is 0 Å². The fourth-order valence-corrected chi connectivity index (χ4v) is 1.85. The first-order valence-corrected chi connectivity index (χ1v) is 7.50. The highest BCUT2D eigenvalue weighted by Crippen LogP contribution is 2.12. The summed E-state index contributed by atoms with van der Waals surface area (Å²) < 4.78 is 10.0. The molecule has 0 aliphatic carbocycles. The number of hydrogen-bond donors (Lipinski definition) is 2. The summed E-state index contributed by atoms with van der Waals surface area (Å²) in [6.07, 6.45) is 2.38. The van der Waals surface area contributed by atoms with Gasteiger partial charge < -0.3 is 19.9 Å². The quantitative estimate of drug-likeness (QED) is 0.612. The molecule has 0 aliphatic rings. The minimum atomic E-state index is -0.0453. The molecule has 2 aromatic rings. The van der Waals surface area contributed by atoms with Crippen LogP contribution in [-0.2, 0) is 16.0 Å². The number of carbonyl (C=O) groups excluding carboxylic acids is 1. The highest BCUT2D eigenvalue weighted by atomic mass is 16.5. The fourth-order valence-electron chi connectivity index (χ4n) is 1.85. The summed E-state index contributed by atoms with van der Waals surface area (Å²) in [4.78, 5) is 20.1. The molecule has 1 amide bonds. The molecule has 0 aliphatic heterocycles. The van der Waals surface area contributed by atoms with E-state index in [4.69, 9.17) is 9.26 Å². The van der Waals surface area contributed by atoms with Crippen molar-refractivity contribution in [2.24, 2.45) is 0 Å². The number of carbonyl (C=O) groups is 1. The molecule has 2 N–H and O–H groups in total. The van der Waals surface area contributed by atoms with Crippen LogP contribution in [0.3, 0.4) is 0 Å². The van der Waals surface area contributed by atoms with Gasteiger partial charge in [0.2, 0.25) is 17.6 Å². The van der Waals surface area contributed by atoms with E-state index in [1.807, 2.05) is 12.1 Å². The molecule has 8 nitrogen and oxygen atoms in total. The van der Waals surface area contributed by atoms with Crippen molar-refractivity contribution in [1.82, 2.24) is 25.8 Å². The van der Waals surface area contributed by atoms with Crippen LogP contribution in [-0.4, -0.2) is 54.4 Å². The molecule has 8 heteroatoms. The van der Waals surface area contributed by atoms with E-state index in [1.165, 1.54) is 0 Å². The number of rotatable bonds is 10. The average molecular weight is 319 g/mol. The molecule has 0 bridgehead atoms. The van der Waals surface area contributed by atoms with Gasteiger partial charge in [-0.25, -0.2) is 0 Å². The van der Waals surface area contributed by atoms with Crippen molar-refractivity contribution in [3.8, 4) is 11.5 Å². The number of pyridine rings is 1. The number of amides is 1. The molecular weight excluding hydrogens is 298 g/mol. The van der Waals surface area contributed by atoms with Crippen LogP contribution < -0.4 is 10.6 Å². The van der Waals surface area contributed by atoms with Crippen molar-refractivity contribution >= 4 is 5.91 Å². The molecule has 23 heavy (non-hydrogen) atoms. The highest BCUT2D eigenvalue weighted by molar-refractivity contribution is 5.76. The normalized spacial score (nSPS) is 10.7. The Morgan fingerprint density at radius 1 is 1.30 bits per heavy atom. The first kappa shape index (κ1) is 17.0. The predicted octanol–water partition coefficient (Wildman–Crippen LogP) is 0.416. The van der Waals surface area contributed by atoms with Crippen LogP contribution in [0.15, 0.2) is 28.9 Å². The van der Waals surface area contributed by atoms with Gasteiger partial charge in [-0.1, -0.05) is 11.2 Å². The minimum Gasteiger partial charge on any atom is -0.383 e. The largest absolute Gasteiger partial charge is 0.383 e. The third-order valence-electron chi connectivity index (χ3n) is 3.03. The van der Waals surface area contributed by atoms with Crippen LogP contribution in [0.1, 0.15) is 12.3 Å². The zero-order valence-electron chi connectivity index (χ0n) is 13.1. The molecule has 0 unspecified atom stereocenters. The van der Waals surface area contributed by atoms with Gasteiger partial charge in [0.1, 0.15) is 5.69 Å². The van der Waals surface area contributed by atoms with E-state index in [1.54, 1.807) is 19.4 Å². The predicted molar refractivity (Wildman–Crippen MR) is 83.6 cm³/mol. The lowest BCUT2D eigenvalue weighted by atomic mass is 10.3. The Labute approximate surface area is 134 Å². The lowest BCUT2D eigenvalue weighted by Gasteiger charge is -2.05. The molecule has 0 spiro atoms. The Kier molecular flexibility index (Phi) is 7.15. The zero-order valence-corrected chi connectivity index (χ0v) is 13.1. The van der Waals surface area contributed by atoms with Gasteiger partial charge >= 0.3 is 0 Å². The van der Waals surface area contributed by atoms with E-state index in [0.29, 0.717) is 49.9 Å². The summed E-state index contributed by atoms with van der Waals surface area (Å²) in [5.74, 6) is 0.818. The van der Waals surface area contributed by atoms with Gasteiger partial charge in [-0.2, -0.15) is 4.98 Å². The Morgan fingerprint density at radius 3 is 3.00 bits per heavy atom. The zero-order chi connectivity index (χ0) is 16.3. The van der Waals surface area contributed by atoms with Crippen molar-refractivity contribution < 1.29 is 14.1 Å². The highest BCUT2D eigenvalue weighted by Gasteiger charge is 2.10. The van der Waals surface area contributed by atoms with Gasteiger partial charge in [-0.05, 0) is 12.1 Å². The number of nitrogens with zero attached hydrogens (tertiary/aromatic N) is 3. The molecular formula is C15H21N5O3. The fraction of sp³-hybridized carbons (Fsp3) is 0.467. The maximum absolute atomic E-state index is 11.7. The molecule has 0 radical (unpaired) electrons. The van der Waals surface area contributed by atoms with E-state index in [-0.39, 0.29) is 5.91 Å². The molecule has 124 valence electrons. The molecule has 2 heterocycles. The molecule has 2 aromatic heterocycles. The topological polar surface area (TPSA) is 102 Å².